The number of nitrogens with one attached hydrogen (secondary N) is 1. The number of benzene rings is 2. The fourth-order valence-corrected chi connectivity index (χ4v) is 2.19. The van der Waals surface area contributed by atoms with Crippen molar-refractivity contribution in [3.05, 3.63) is 59.7 Å². The van der Waals surface area contributed by atoms with Gasteiger partial charge >= 0.3 is 0 Å². The molecular formula is C20H23NO3. The number of amides is 1. The second-order valence-corrected chi connectivity index (χ2v) is 5.71. The van der Waals surface area contributed by atoms with Crippen molar-refractivity contribution in [3.63, 3.8) is 0 Å². The van der Waals surface area contributed by atoms with Crippen LogP contribution in [0.3, 0.4) is 0 Å². The summed E-state index contributed by atoms with van der Waals surface area (Å²) in [5, 5.41) is 2.79. The summed E-state index contributed by atoms with van der Waals surface area (Å²) in [6.07, 6.45) is 1.32. The van der Waals surface area contributed by atoms with Gasteiger partial charge in [0.15, 0.2) is 5.78 Å². The highest BCUT2D eigenvalue weighted by Crippen LogP contribution is 2.16. The predicted molar refractivity (Wildman–Crippen MR) is 95.6 cm³/mol. The first-order chi connectivity index (χ1) is 11.6. The number of Topliss-reactive ketones (excluding diaryl/α,β-unsaturated/α-hetero) is 1. The van der Waals surface area contributed by atoms with Crippen molar-refractivity contribution in [2.45, 2.75) is 33.1 Å². The molecule has 0 aliphatic rings. The van der Waals surface area contributed by atoms with Crippen molar-refractivity contribution in [3.8, 4) is 5.75 Å². The van der Waals surface area contributed by atoms with Crippen molar-refractivity contribution in [2.75, 3.05) is 11.9 Å². The van der Waals surface area contributed by atoms with Gasteiger partial charge in [-0.25, -0.2) is 0 Å². The number of carbonyl (C=O) groups is 2. The average molecular weight is 325 g/mol. The van der Waals surface area contributed by atoms with Gasteiger partial charge < -0.3 is 10.1 Å². The van der Waals surface area contributed by atoms with Crippen LogP contribution in [0.4, 0.5) is 5.69 Å². The standard InChI is InChI=1S/C20H23NO3/c1-3-14-24-18-10-8-17(9-11-18)21-20(23)13-12-19(22)16-6-4-15(2)5-7-16/h4-11H,3,12-14H2,1-2H3,(H,21,23). The number of aryl methyl sites for hydroxylation is 1. The van der Waals surface area contributed by atoms with Crippen LogP contribution >= 0.6 is 0 Å². The fraction of sp³-hybridized carbons (Fsp3) is 0.300. The topological polar surface area (TPSA) is 55.4 Å². The van der Waals surface area contributed by atoms with E-state index in [2.05, 4.69) is 5.32 Å². The normalized spacial score (nSPS) is 10.2. The highest BCUT2D eigenvalue weighted by molar-refractivity contribution is 6.00. The van der Waals surface area contributed by atoms with Gasteiger partial charge in [-0.1, -0.05) is 36.8 Å². The van der Waals surface area contributed by atoms with E-state index >= 15 is 0 Å². The molecule has 2 rings (SSSR count). The van der Waals surface area contributed by atoms with Crippen molar-refractivity contribution in [1.29, 1.82) is 0 Å². The summed E-state index contributed by atoms with van der Waals surface area (Å²) in [5.74, 6) is 0.593. The fourth-order valence-electron chi connectivity index (χ4n) is 2.19. The third kappa shape index (κ3) is 5.54. The van der Waals surface area contributed by atoms with E-state index in [0.29, 0.717) is 17.9 Å². The molecule has 4 heteroatoms. The maximum atomic E-state index is 12.1. The molecule has 1 amide bonds. The Kier molecular flexibility index (Phi) is 6.55. The minimum absolute atomic E-state index is 0.0199. The lowest BCUT2D eigenvalue weighted by Crippen LogP contribution is -2.13. The minimum Gasteiger partial charge on any atom is -0.494 e. The summed E-state index contributed by atoms with van der Waals surface area (Å²) >= 11 is 0. The molecule has 1 N–H and O–H groups in total. The van der Waals surface area contributed by atoms with E-state index < -0.39 is 0 Å². The van der Waals surface area contributed by atoms with Gasteiger partial charge in [-0.15, -0.1) is 0 Å². The van der Waals surface area contributed by atoms with E-state index in [-0.39, 0.29) is 24.5 Å². The smallest absolute Gasteiger partial charge is 0.224 e. The molecule has 2 aromatic carbocycles. The quantitative estimate of drug-likeness (QED) is 0.733. The molecule has 0 atom stereocenters. The zero-order valence-corrected chi connectivity index (χ0v) is 14.2. The highest BCUT2D eigenvalue weighted by atomic mass is 16.5. The third-order valence-corrected chi connectivity index (χ3v) is 3.56. The molecule has 0 saturated heterocycles. The maximum absolute atomic E-state index is 12.1. The van der Waals surface area contributed by atoms with Gasteiger partial charge in [0.1, 0.15) is 5.75 Å². The molecule has 0 heterocycles. The van der Waals surface area contributed by atoms with E-state index in [9.17, 15) is 9.59 Å². The molecule has 0 aliphatic carbocycles. The van der Waals surface area contributed by atoms with Crippen LogP contribution in [0.1, 0.15) is 42.1 Å². The van der Waals surface area contributed by atoms with Crippen LogP contribution in [0.15, 0.2) is 48.5 Å². The van der Waals surface area contributed by atoms with Gasteiger partial charge in [0.25, 0.3) is 0 Å². The monoisotopic (exact) mass is 325 g/mol. The zero-order valence-electron chi connectivity index (χ0n) is 14.2. The number of ketones is 1. The first-order valence-corrected chi connectivity index (χ1v) is 8.21. The van der Waals surface area contributed by atoms with Gasteiger partial charge in [0.05, 0.1) is 6.61 Å². The SMILES string of the molecule is CCCOc1ccc(NC(=O)CCC(=O)c2ccc(C)cc2)cc1. The Morgan fingerprint density at radius 2 is 1.62 bits per heavy atom. The second kappa shape index (κ2) is 8.87. The van der Waals surface area contributed by atoms with Gasteiger partial charge in [0, 0.05) is 24.1 Å². The number of rotatable bonds is 8. The largest absolute Gasteiger partial charge is 0.494 e. The van der Waals surface area contributed by atoms with Crippen LogP contribution in [0.2, 0.25) is 0 Å². The molecule has 0 aromatic heterocycles. The summed E-state index contributed by atoms with van der Waals surface area (Å²) in [4.78, 5) is 24.0. The summed E-state index contributed by atoms with van der Waals surface area (Å²) in [6, 6.07) is 14.6. The lowest BCUT2D eigenvalue weighted by Gasteiger charge is -2.07. The van der Waals surface area contributed by atoms with Crippen molar-refractivity contribution >= 4 is 17.4 Å². The summed E-state index contributed by atoms with van der Waals surface area (Å²) in [6.45, 7) is 4.69. The molecular weight excluding hydrogens is 302 g/mol. The first kappa shape index (κ1) is 17.7. The molecule has 0 spiro atoms. The van der Waals surface area contributed by atoms with Crippen LogP contribution in [-0.2, 0) is 4.79 Å². The number of hydrogen-bond acceptors (Lipinski definition) is 3. The van der Waals surface area contributed by atoms with Crippen LogP contribution in [0.5, 0.6) is 5.75 Å². The third-order valence-electron chi connectivity index (χ3n) is 3.56. The molecule has 0 aliphatic heterocycles. The molecule has 24 heavy (non-hydrogen) atoms. The van der Waals surface area contributed by atoms with E-state index in [0.717, 1.165) is 17.7 Å². The van der Waals surface area contributed by atoms with E-state index in [1.165, 1.54) is 0 Å². The number of hydrogen-bond donors (Lipinski definition) is 1. The van der Waals surface area contributed by atoms with Crippen molar-refractivity contribution < 1.29 is 14.3 Å². The molecule has 0 fully saturated rings. The van der Waals surface area contributed by atoms with Crippen LogP contribution in [-0.4, -0.2) is 18.3 Å². The lowest BCUT2D eigenvalue weighted by molar-refractivity contribution is -0.116. The highest BCUT2D eigenvalue weighted by Gasteiger charge is 2.09. The number of ether oxygens (including phenoxy) is 1. The Morgan fingerprint density at radius 3 is 2.25 bits per heavy atom. The van der Waals surface area contributed by atoms with E-state index in [1.807, 2.05) is 38.1 Å². The summed E-state index contributed by atoms with van der Waals surface area (Å²) in [5.41, 5.74) is 2.45. The Balaban J connectivity index is 1.80. The van der Waals surface area contributed by atoms with Crippen molar-refractivity contribution in [2.24, 2.45) is 0 Å². The molecule has 0 unspecified atom stereocenters. The molecule has 4 nitrogen and oxygen atoms in total. The second-order valence-electron chi connectivity index (χ2n) is 5.71. The molecule has 0 bridgehead atoms. The Morgan fingerprint density at radius 1 is 0.958 bits per heavy atom. The number of anilines is 1. The first-order valence-electron chi connectivity index (χ1n) is 8.21. The Hall–Kier alpha value is -2.62. The van der Waals surface area contributed by atoms with E-state index in [4.69, 9.17) is 4.74 Å². The Bertz CT molecular complexity index is 675. The van der Waals surface area contributed by atoms with Crippen LogP contribution in [0, 0.1) is 6.92 Å². The van der Waals surface area contributed by atoms with E-state index in [1.54, 1.807) is 24.3 Å². The molecule has 0 radical (unpaired) electrons. The van der Waals surface area contributed by atoms with Gasteiger partial charge in [-0.3, -0.25) is 9.59 Å². The minimum atomic E-state index is -0.169. The van der Waals surface area contributed by atoms with Crippen molar-refractivity contribution in [1.82, 2.24) is 0 Å². The molecule has 126 valence electrons. The van der Waals surface area contributed by atoms with Crippen LogP contribution in [0.25, 0.3) is 0 Å². The Labute approximate surface area is 142 Å². The lowest BCUT2D eigenvalue weighted by atomic mass is 10.0. The summed E-state index contributed by atoms with van der Waals surface area (Å²) < 4.78 is 5.49. The molecule has 0 saturated carbocycles. The summed E-state index contributed by atoms with van der Waals surface area (Å²) in [7, 11) is 0. The predicted octanol–water partition coefficient (Wildman–Crippen LogP) is 4.39. The van der Waals surface area contributed by atoms with Gasteiger partial charge in [-0.2, -0.15) is 0 Å². The van der Waals surface area contributed by atoms with Crippen LogP contribution < -0.4 is 10.1 Å². The van der Waals surface area contributed by atoms with Gasteiger partial charge in [0.2, 0.25) is 5.91 Å². The average Bonchev–Trinajstić information content (AvgIpc) is 2.59. The van der Waals surface area contributed by atoms with Gasteiger partial charge in [-0.05, 0) is 37.6 Å². The zero-order chi connectivity index (χ0) is 17.4. The maximum Gasteiger partial charge on any atom is 0.224 e. The molecule has 2 aromatic rings. The number of carbonyl (C=O) groups excluding carboxylic acids is 2.